The number of fused-ring (bicyclic) bond motifs is 1. The maximum atomic E-state index is 10.6. The lowest BCUT2D eigenvalue weighted by molar-refractivity contribution is 0.112. The van der Waals surface area contributed by atoms with Crippen molar-refractivity contribution in [2.45, 2.75) is 13.1 Å². The number of anilines is 1. The number of carbonyl (C=O) groups is 1. The van der Waals surface area contributed by atoms with E-state index in [2.05, 4.69) is 16.0 Å². The molecular formula is C14H12N2O. The van der Waals surface area contributed by atoms with E-state index in [0.29, 0.717) is 5.56 Å². The maximum absolute atomic E-state index is 10.6. The van der Waals surface area contributed by atoms with Crippen molar-refractivity contribution in [2.24, 2.45) is 0 Å². The van der Waals surface area contributed by atoms with Crippen LogP contribution in [0.4, 0.5) is 5.69 Å². The van der Waals surface area contributed by atoms with E-state index in [1.807, 2.05) is 36.7 Å². The summed E-state index contributed by atoms with van der Waals surface area (Å²) in [6, 6.07) is 9.74. The molecule has 1 aliphatic rings. The fourth-order valence-electron chi connectivity index (χ4n) is 2.17. The van der Waals surface area contributed by atoms with Crippen LogP contribution in [0.5, 0.6) is 0 Å². The van der Waals surface area contributed by atoms with Crippen LogP contribution in [0.1, 0.15) is 21.5 Å². The third-order valence-electron chi connectivity index (χ3n) is 3.12. The summed E-state index contributed by atoms with van der Waals surface area (Å²) in [6.07, 6.45) is 4.62. The zero-order valence-corrected chi connectivity index (χ0v) is 9.34. The van der Waals surface area contributed by atoms with E-state index >= 15 is 0 Å². The number of hydrogen-bond donors (Lipinski definition) is 0. The van der Waals surface area contributed by atoms with Crippen molar-refractivity contribution in [2.75, 3.05) is 4.90 Å². The Morgan fingerprint density at radius 3 is 2.53 bits per heavy atom. The van der Waals surface area contributed by atoms with Crippen molar-refractivity contribution in [3.8, 4) is 0 Å². The largest absolute Gasteiger partial charge is 0.363 e. The molecule has 3 heteroatoms. The fourth-order valence-corrected chi connectivity index (χ4v) is 2.17. The first-order valence-corrected chi connectivity index (χ1v) is 5.59. The minimum Gasteiger partial charge on any atom is -0.363 e. The van der Waals surface area contributed by atoms with Gasteiger partial charge in [0.05, 0.1) is 0 Å². The number of pyridine rings is 1. The van der Waals surface area contributed by atoms with E-state index in [1.165, 1.54) is 11.1 Å². The number of aldehydes is 1. The Kier molecular flexibility index (Phi) is 2.37. The van der Waals surface area contributed by atoms with Gasteiger partial charge < -0.3 is 4.90 Å². The predicted octanol–water partition coefficient (Wildman–Crippen LogP) is 2.41. The van der Waals surface area contributed by atoms with E-state index in [-0.39, 0.29) is 0 Å². The van der Waals surface area contributed by atoms with Gasteiger partial charge in [-0.3, -0.25) is 9.78 Å². The van der Waals surface area contributed by atoms with Crippen LogP contribution in [0.25, 0.3) is 0 Å². The van der Waals surface area contributed by atoms with Gasteiger partial charge in [0.1, 0.15) is 6.29 Å². The van der Waals surface area contributed by atoms with Crippen LogP contribution in [0.2, 0.25) is 0 Å². The Labute approximate surface area is 99.7 Å². The number of nitrogens with zero attached hydrogens (tertiary/aromatic N) is 2. The third-order valence-corrected chi connectivity index (χ3v) is 3.12. The van der Waals surface area contributed by atoms with Crippen LogP contribution >= 0.6 is 0 Å². The molecule has 0 bridgehead atoms. The fraction of sp³-hybridized carbons (Fsp3) is 0.143. The number of benzene rings is 1. The van der Waals surface area contributed by atoms with Crippen molar-refractivity contribution >= 4 is 12.0 Å². The average Bonchev–Trinajstić information content (AvgIpc) is 2.82. The number of aromatic nitrogens is 1. The first-order chi connectivity index (χ1) is 8.36. The molecule has 84 valence electrons. The molecular weight excluding hydrogens is 212 g/mol. The first kappa shape index (κ1) is 10.0. The molecule has 3 rings (SSSR count). The van der Waals surface area contributed by atoms with Crippen LogP contribution in [0.3, 0.4) is 0 Å². The molecule has 2 aromatic rings. The van der Waals surface area contributed by atoms with Gasteiger partial charge >= 0.3 is 0 Å². The first-order valence-electron chi connectivity index (χ1n) is 5.59. The zero-order chi connectivity index (χ0) is 11.7. The summed E-state index contributed by atoms with van der Waals surface area (Å²) in [5.74, 6) is 0. The van der Waals surface area contributed by atoms with Gasteiger partial charge in [0.15, 0.2) is 0 Å². The van der Waals surface area contributed by atoms with Gasteiger partial charge in [-0.15, -0.1) is 0 Å². The van der Waals surface area contributed by atoms with Crippen LogP contribution in [-0.4, -0.2) is 11.3 Å². The molecule has 0 unspecified atom stereocenters. The standard InChI is InChI=1S/C14H12N2O/c17-10-11-1-3-14(4-2-11)16-8-12-5-6-15-7-13(12)9-16/h1-7,10H,8-9H2. The van der Waals surface area contributed by atoms with Crippen molar-refractivity contribution in [1.82, 2.24) is 4.98 Å². The highest BCUT2D eigenvalue weighted by molar-refractivity contribution is 5.75. The van der Waals surface area contributed by atoms with E-state index < -0.39 is 0 Å². The summed E-state index contributed by atoms with van der Waals surface area (Å²) in [6.45, 7) is 1.81. The molecule has 0 aliphatic carbocycles. The summed E-state index contributed by atoms with van der Waals surface area (Å²) >= 11 is 0. The topological polar surface area (TPSA) is 33.2 Å². The zero-order valence-electron chi connectivity index (χ0n) is 9.34. The Morgan fingerprint density at radius 2 is 1.82 bits per heavy atom. The van der Waals surface area contributed by atoms with Crippen molar-refractivity contribution in [3.05, 3.63) is 59.4 Å². The van der Waals surface area contributed by atoms with Crippen LogP contribution in [0, 0.1) is 0 Å². The molecule has 0 fully saturated rings. The highest BCUT2D eigenvalue weighted by Crippen LogP contribution is 2.27. The van der Waals surface area contributed by atoms with E-state index in [4.69, 9.17) is 0 Å². The SMILES string of the molecule is O=Cc1ccc(N2Cc3ccncc3C2)cc1. The molecule has 0 radical (unpaired) electrons. The van der Waals surface area contributed by atoms with Crippen LogP contribution < -0.4 is 4.90 Å². The van der Waals surface area contributed by atoms with E-state index in [1.54, 1.807) is 0 Å². The minimum absolute atomic E-state index is 0.715. The third kappa shape index (κ3) is 1.80. The summed E-state index contributed by atoms with van der Waals surface area (Å²) in [7, 11) is 0. The van der Waals surface area contributed by atoms with Gasteiger partial charge in [0.25, 0.3) is 0 Å². The van der Waals surface area contributed by atoms with Gasteiger partial charge in [0, 0.05) is 36.7 Å². The molecule has 0 amide bonds. The van der Waals surface area contributed by atoms with Gasteiger partial charge in [-0.05, 0) is 41.5 Å². The van der Waals surface area contributed by atoms with Gasteiger partial charge in [-0.25, -0.2) is 0 Å². The van der Waals surface area contributed by atoms with E-state index in [9.17, 15) is 4.79 Å². The normalized spacial score (nSPS) is 13.5. The second-order valence-electron chi connectivity index (χ2n) is 4.21. The molecule has 0 spiro atoms. The Bertz CT molecular complexity index is 523. The van der Waals surface area contributed by atoms with Crippen molar-refractivity contribution in [3.63, 3.8) is 0 Å². The molecule has 0 saturated heterocycles. The lowest BCUT2D eigenvalue weighted by Crippen LogP contribution is -2.14. The van der Waals surface area contributed by atoms with Gasteiger partial charge in [0.2, 0.25) is 0 Å². The number of carbonyl (C=O) groups excluding carboxylic acids is 1. The molecule has 1 aromatic heterocycles. The highest BCUT2D eigenvalue weighted by Gasteiger charge is 2.18. The number of rotatable bonds is 2. The van der Waals surface area contributed by atoms with Crippen molar-refractivity contribution in [1.29, 1.82) is 0 Å². The van der Waals surface area contributed by atoms with Crippen LogP contribution in [-0.2, 0) is 13.1 Å². The molecule has 1 aromatic carbocycles. The summed E-state index contributed by atoms with van der Waals surface area (Å²) < 4.78 is 0. The second kappa shape index (κ2) is 4.01. The predicted molar refractivity (Wildman–Crippen MR) is 66.0 cm³/mol. The molecule has 0 N–H and O–H groups in total. The van der Waals surface area contributed by atoms with Gasteiger partial charge in [-0.1, -0.05) is 0 Å². The van der Waals surface area contributed by atoms with Gasteiger partial charge in [-0.2, -0.15) is 0 Å². The monoisotopic (exact) mass is 224 g/mol. The number of hydrogen-bond acceptors (Lipinski definition) is 3. The molecule has 3 nitrogen and oxygen atoms in total. The smallest absolute Gasteiger partial charge is 0.150 e. The second-order valence-corrected chi connectivity index (χ2v) is 4.21. The molecule has 0 atom stereocenters. The quantitative estimate of drug-likeness (QED) is 0.734. The summed E-state index contributed by atoms with van der Waals surface area (Å²) in [5, 5.41) is 0. The molecule has 1 aliphatic heterocycles. The Morgan fingerprint density at radius 1 is 1.06 bits per heavy atom. The average molecular weight is 224 g/mol. The highest BCUT2D eigenvalue weighted by atomic mass is 16.1. The summed E-state index contributed by atoms with van der Waals surface area (Å²) in [4.78, 5) is 17.0. The molecule has 0 saturated carbocycles. The molecule has 2 heterocycles. The lowest BCUT2D eigenvalue weighted by atomic mass is 10.2. The van der Waals surface area contributed by atoms with Crippen LogP contribution in [0.15, 0.2) is 42.7 Å². The maximum Gasteiger partial charge on any atom is 0.150 e. The Balaban J connectivity index is 1.86. The lowest BCUT2D eigenvalue weighted by Gasteiger charge is -2.17. The Hall–Kier alpha value is -2.16. The van der Waals surface area contributed by atoms with Crippen molar-refractivity contribution < 1.29 is 4.79 Å². The molecule has 17 heavy (non-hydrogen) atoms. The van der Waals surface area contributed by atoms with E-state index in [0.717, 1.165) is 25.1 Å². The summed E-state index contributed by atoms with van der Waals surface area (Å²) in [5.41, 5.74) is 4.48. The minimum atomic E-state index is 0.715.